The van der Waals surface area contributed by atoms with E-state index in [4.69, 9.17) is 21.4 Å². The Kier molecular flexibility index (Phi) is 3.84. The number of amides is 1. The number of hydrogen-bond donors (Lipinski definition) is 1. The number of benzene rings is 1. The van der Waals surface area contributed by atoms with Gasteiger partial charge < -0.3 is 14.7 Å². The number of nitrogens with zero attached hydrogens (tertiary/aromatic N) is 2. The Morgan fingerprint density at radius 3 is 2.81 bits per heavy atom. The minimum atomic E-state index is -0.866. The summed E-state index contributed by atoms with van der Waals surface area (Å²) < 4.78 is 6.03. The number of halogens is 1. The van der Waals surface area contributed by atoms with Crippen LogP contribution < -0.4 is 4.74 Å². The quantitative estimate of drug-likeness (QED) is 0.923. The van der Waals surface area contributed by atoms with Crippen molar-refractivity contribution >= 4 is 28.6 Å². The van der Waals surface area contributed by atoms with Gasteiger partial charge in [0.15, 0.2) is 0 Å². The number of hydrogen-bond acceptors (Lipinski definition) is 3. The average Bonchev–Trinajstić information content (AvgIpc) is 2.49. The molecule has 0 spiro atoms. The molecule has 1 saturated heterocycles. The number of piperidine rings is 1. The van der Waals surface area contributed by atoms with Crippen LogP contribution in [-0.4, -0.2) is 40.3 Å². The van der Waals surface area contributed by atoms with E-state index < -0.39 is 6.09 Å². The second kappa shape index (κ2) is 5.77. The van der Waals surface area contributed by atoms with Crippen LogP contribution in [-0.2, 0) is 0 Å². The van der Waals surface area contributed by atoms with Crippen LogP contribution in [0.1, 0.15) is 12.8 Å². The zero-order valence-electron chi connectivity index (χ0n) is 11.3. The predicted octanol–water partition coefficient (Wildman–Crippen LogP) is 3.41. The van der Waals surface area contributed by atoms with Crippen molar-refractivity contribution in [1.82, 2.24) is 9.88 Å². The van der Waals surface area contributed by atoms with Crippen molar-refractivity contribution in [1.29, 1.82) is 0 Å². The predicted molar refractivity (Wildman–Crippen MR) is 80.0 cm³/mol. The normalized spacial score (nSPS) is 16.1. The van der Waals surface area contributed by atoms with E-state index in [-0.39, 0.29) is 6.10 Å². The number of carboxylic acid groups (broad SMARTS) is 1. The summed E-state index contributed by atoms with van der Waals surface area (Å²) in [7, 11) is 0. The Balaban J connectivity index is 1.77. The van der Waals surface area contributed by atoms with Gasteiger partial charge in [0.25, 0.3) is 0 Å². The molecule has 1 aliphatic rings. The van der Waals surface area contributed by atoms with Gasteiger partial charge in [0.2, 0.25) is 0 Å². The number of rotatable bonds is 2. The van der Waals surface area contributed by atoms with Crippen molar-refractivity contribution in [2.45, 2.75) is 18.9 Å². The largest absolute Gasteiger partial charge is 0.490 e. The number of likely N-dealkylation sites (tertiary alicyclic amines) is 1. The van der Waals surface area contributed by atoms with Gasteiger partial charge in [-0.1, -0.05) is 17.7 Å². The van der Waals surface area contributed by atoms with Crippen LogP contribution in [0.2, 0.25) is 5.02 Å². The molecule has 0 bridgehead atoms. The zero-order chi connectivity index (χ0) is 14.8. The third kappa shape index (κ3) is 2.88. The maximum Gasteiger partial charge on any atom is 0.407 e. The highest BCUT2D eigenvalue weighted by Crippen LogP contribution is 2.30. The minimum absolute atomic E-state index is 0.0187. The molecule has 5 nitrogen and oxygen atoms in total. The Bertz CT molecular complexity index is 669. The van der Waals surface area contributed by atoms with E-state index in [2.05, 4.69) is 4.98 Å². The number of pyridine rings is 1. The summed E-state index contributed by atoms with van der Waals surface area (Å²) >= 11 is 6.14. The van der Waals surface area contributed by atoms with Gasteiger partial charge in [-0.2, -0.15) is 0 Å². The van der Waals surface area contributed by atoms with Gasteiger partial charge >= 0.3 is 6.09 Å². The summed E-state index contributed by atoms with van der Waals surface area (Å²) in [6.45, 7) is 1.01. The molecule has 110 valence electrons. The van der Waals surface area contributed by atoms with E-state index in [1.165, 1.54) is 4.90 Å². The molecule has 1 aliphatic heterocycles. The van der Waals surface area contributed by atoms with E-state index in [1.54, 1.807) is 12.3 Å². The van der Waals surface area contributed by atoms with Crippen molar-refractivity contribution in [3.63, 3.8) is 0 Å². The molecule has 0 unspecified atom stereocenters. The molecule has 0 saturated carbocycles. The highest BCUT2D eigenvalue weighted by Gasteiger charge is 2.23. The molecular formula is C15H15ClN2O3. The monoisotopic (exact) mass is 306 g/mol. The standard InChI is InChI=1S/C15H15ClN2O3/c16-12-3-1-2-11-13(4-7-17-14(11)12)21-10-5-8-18(9-6-10)15(19)20/h1-4,7,10H,5-6,8-9H2,(H,19,20). The summed E-state index contributed by atoms with van der Waals surface area (Å²) in [5, 5.41) is 10.4. The Morgan fingerprint density at radius 1 is 1.33 bits per heavy atom. The second-order valence-electron chi connectivity index (χ2n) is 5.03. The maximum atomic E-state index is 10.9. The van der Waals surface area contributed by atoms with Crippen molar-refractivity contribution < 1.29 is 14.6 Å². The lowest BCUT2D eigenvalue weighted by molar-refractivity contribution is 0.0902. The van der Waals surface area contributed by atoms with Crippen LogP contribution in [0, 0.1) is 0 Å². The van der Waals surface area contributed by atoms with Crippen LogP contribution in [0.4, 0.5) is 4.79 Å². The molecule has 21 heavy (non-hydrogen) atoms. The first-order chi connectivity index (χ1) is 10.1. The van der Waals surface area contributed by atoms with E-state index >= 15 is 0 Å². The second-order valence-corrected chi connectivity index (χ2v) is 5.44. The fraction of sp³-hybridized carbons (Fsp3) is 0.333. The number of aromatic nitrogens is 1. The number of carbonyl (C=O) groups is 1. The van der Waals surface area contributed by atoms with Gasteiger partial charge in [-0.15, -0.1) is 0 Å². The lowest BCUT2D eigenvalue weighted by Crippen LogP contribution is -2.41. The van der Waals surface area contributed by atoms with Crippen LogP contribution in [0.5, 0.6) is 5.75 Å². The first-order valence-corrected chi connectivity index (χ1v) is 7.20. The molecule has 1 amide bonds. The lowest BCUT2D eigenvalue weighted by Gasteiger charge is -2.30. The Hall–Kier alpha value is -2.01. The molecule has 1 aromatic carbocycles. The third-order valence-electron chi connectivity index (χ3n) is 3.69. The lowest BCUT2D eigenvalue weighted by atomic mass is 10.1. The van der Waals surface area contributed by atoms with E-state index in [1.807, 2.05) is 18.2 Å². The molecule has 2 aromatic rings. The van der Waals surface area contributed by atoms with Gasteiger partial charge in [-0.25, -0.2) is 4.79 Å². The summed E-state index contributed by atoms with van der Waals surface area (Å²) in [5.41, 5.74) is 0.722. The van der Waals surface area contributed by atoms with Crippen molar-refractivity contribution in [3.05, 3.63) is 35.5 Å². The number of fused-ring (bicyclic) bond motifs is 1. The van der Waals surface area contributed by atoms with Gasteiger partial charge in [0.05, 0.1) is 10.5 Å². The molecule has 6 heteroatoms. The van der Waals surface area contributed by atoms with Crippen LogP contribution >= 0.6 is 11.6 Å². The summed E-state index contributed by atoms with van der Waals surface area (Å²) in [6, 6.07) is 7.41. The van der Waals surface area contributed by atoms with E-state index in [0.717, 1.165) is 16.7 Å². The summed E-state index contributed by atoms with van der Waals surface area (Å²) in [6.07, 6.45) is 2.21. The summed E-state index contributed by atoms with van der Waals surface area (Å²) in [5.74, 6) is 0.747. The van der Waals surface area contributed by atoms with E-state index in [9.17, 15) is 4.79 Å². The van der Waals surface area contributed by atoms with Crippen molar-refractivity contribution in [3.8, 4) is 5.75 Å². The maximum absolute atomic E-state index is 10.9. The molecule has 3 rings (SSSR count). The Labute approximate surface area is 127 Å². The fourth-order valence-electron chi connectivity index (χ4n) is 2.56. The smallest absolute Gasteiger partial charge is 0.407 e. The molecule has 1 N–H and O–H groups in total. The minimum Gasteiger partial charge on any atom is -0.490 e. The summed E-state index contributed by atoms with van der Waals surface area (Å²) in [4.78, 5) is 16.6. The van der Waals surface area contributed by atoms with Gasteiger partial charge in [-0.3, -0.25) is 4.98 Å². The van der Waals surface area contributed by atoms with E-state index in [0.29, 0.717) is 31.0 Å². The third-order valence-corrected chi connectivity index (χ3v) is 3.99. The first-order valence-electron chi connectivity index (χ1n) is 6.83. The topological polar surface area (TPSA) is 62.7 Å². The average molecular weight is 307 g/mol. The number of para-hydroxylation sites is 1. The fourth-order valence-corrected chi connectivity index (χ4v) is 2.79. The molecule has 0 aliphatic carbocycles. The SMILES string of the molecule is O=C(O)N1CCC(Oc2ccnc3c(Cl)cccc23)CC1. The van der Waals surface area contributed by atoms with Gasteiger partial charge in [0.1, 0.15) is 11.9 Å². The zero-order valence-corrected chi connectivity index (χ0v) is 12.1. The van der Waals surface area contributed by atoms with Crippen LogP contribution in [0.15, 0.2) is 30.5 Å². The highest BCUT2D eigenvalue weighted by atomic mass is 35.5. The van der Waals surface area contributed by atoms with Crippen LogP contribution in [0.3, 0.4) is 0 Å². The molecule has 1 aromatic heterocycles. The first kappa shape index (κ1) is 13.9. The highest BCUT2D eigenvalue weighted by molar-refractivity contribution is 6.35. The van der Waals surface area contributed by atoms with Gasteiger partial charge in [-0.05, 0) is 18.2 Å². The van der Waals surface area contributed by atoms with Crippen molar-refractivity contribution in [2.75, 3.05) is 13.1 Å². The molecular weight excluding hydrogens is 292 g/mol. The van der Waals surface area contributed by atoms with Gasteiger partial charge in [0, 0.05) is 37.5 Å². The van der Waals surface area contributed by atoms with Crippen LogP contribution in [0.25, 0.3) is 10.9 Å². The molecule has 0 radical (unpaired) electrons. The Morgan fingerprint density at radius 2 is 2.10 bits per heavy atom. The molecule has 0 atom stereocenters. The number of ether oxygens (including phenoxy) is 1. The molecule has 2 heterocycles. The van der Waals surface area contributed by atoms with Crippen molar-refractivity contribution in [2.24, 2.45) is 0 Å². The molecule has 1 fully saturated rings.